The summed E-state index contributed by atoms with van der Waals surface area (Å²) in [5, 5.41) is 21.1. The Labute approximate surface area is 222 Å². The zero-order valence-corrected chi connectivity index (χ0v) is 21.9. The van der Waals surface area contributed by atoms with E-state index in [0.717, 1.165) is 29.6 Å². The molecule has 38 heavy (non-hydrogen) atoms. The van der Waals surface area contributed by atoms with Crippen molar-refractivity contribution in [2.24, 2.45) is 0 Å². The Morgan fingerprint density at radius 1 is 0.895 bits per heavy atom. The summed E-state index contributed by atoms with van der Waals surface area (Å²) >= 11 is 1.79. The molecule has 18 heteroatoms. The topological polar surface area (TPSA) is 233 Å². The van der Waals surface area contributed by atoms with Crippen molar-refractivity contribution in [1.29, 1.82) is 0 Å². The van der Waals surface area contributed by atoms with Crippen LogP contribution in [0.3, 0.4) is 0 Å². The molecule has 3 heterocycles. The van der Waals surface area contributed by atoms with Gasteiger partial charge in [-0.1, -0.05) is 11.8 Å². The van der Waals surface area contributed by atoms with E-state index >= 15 is 0 Å². The molecule has 2 aromatic carbocycles. The average molecular weight is 601 g/mol. The Kier molecular flexibility index (Phi) is 6.45. The number of ether oxygens (including phenoxy) is 1. The van der Waals surface area contributed by atoms with Gasteiger partial charge in [-0.15, -0.1) is 0 Å². The number of aromatic nitrogens is 4. The normalized spacial score (nSPS) is 18.6. The summed E-state index contributed by atoms with van der Waals surface area (Å²) in [6, 6.07) is 7.47. The third kappa shape index (κ3) is 4.86. The van der Waals surface area contributed by atoms with Gasteiger partial charge in [-0.3, -0.25) is 9.11 Å². The number of carbonyl (C=O) groups is 1. The number of H-pyrrole nitrogens is 2. The highest BCUT2D eigenvalue weighted by molar-refractivity contribution is 8.03. The summed E-state index contributed by atoms with van der Waals surface area (Å²) in [6.45, 7) is -0.724. The van der Waals surface area contributed by atoms with Crippen LogP contribution < -0.4 is 0 Å². The number of hydrogen-bond acceptors (Lipinski definition) is 12. The van der Waals surface area contributed by atoms with E-state index in [1.807, 2.05) is 0 Å². The van der Waals surface area contributed by atoms with Gasteiger partial charge in [-0.2, -0.15) is 16.8 Å². The first-order chi connectivity index (χ1) is 17.8. The van der Waals surface area contributed by atoms with Gasteiger partial charge in [0.25, 0.3) is 20.2 Å². The Morgan fingerprint density at radius 2 is 1.42 bits per heavy atom. The number of imidazole rings is 2. The van der Waals surface area contributed by atoms with Gasteiger partial charge < -0.3 is 24.9 Å². The fourth-order valence-electron chi connectivity index (χ4n) is 3.61. The minimum Gasteiger partial charge on any atom is -0.501 e. The van der Waals surface area contributed by atoms with Crippen LogP contribution in [-0.2, 0) is 29.8 Å². The highest BCUT2D eigenvalue weighted by Crippen LogP contribution is 2.45. The van der Waals surface area contributed by atoms with Crippen molar-refractivity contribution in [3.8, 4) is 0 Å². The molecule has 200 valence electrons. The molecule has 0 radical (unpaired) electrons. The van der Waals surface area contributed by atoms with E-state index in [4.69, 9.17) is 4.74 Å². The summed E-state index contributed by atoms with van der Waals surface area (Å²) in [6.07, 6.45) is 0. The number of carbonyl (C=O) groups excluding carboxylic acids is 1. The van der Waals surface area contributed by atoms with Gasteiger partial charge in [0.05, 0.1) is 43.4 Å². The quantitative estimate of drug-likeness (QED) is 0.0963. The molecule has 1 atom stereocenters. The fourth-order valence-corrected chi connectivity index (χ4v) is 6.76. The molecule has 0 fully saturated rings. The van der Waals surface area contributed by atoms with Gasteiger partial charge >= 0.3 is 5.97 Å². The summed E-state index contributed by atoms with van der Waals surface area (Å²) < 4.78 is 69.4. The fraction of sp³-hybridized carbons (Fsp3) is 0.150. The van der Waals surface area contributed by atoms with E-state index in [0.29, 0.717) is 11.0 Å². The molecule has 14 nitrogen and oxygen atoms in total. The lowest BCUT2D eigenvalue weighted by Gasteiger charge is -2.26. The Balaban J connectivity index is 1.42. The maximum Gasteiger partial charge on any atom is 0.375 e. The lowest BCUT2D eigenvalue weighted by Crippen LogP contribution is -2.38. The maximum atomic E-state index is 12.3. The minimum atomic E-state index is -4.46. The molecule has 0 aliphatic carbocycles. The monoisotopic (exact) mass is 600 g/mol. The van der Waals surface area contributed by atoms with Gasteiger partial charge in [0, 0.05) is 5.75 Å². The predicted molar refractivity (Wildman–Crippen MR) is 134 cm³/mol. The molecule has 6 N–H and O–H groups in total. The van der Waals surface area contributed by atoms with Crippen LogP contribution in [0.1, 0.15) is 0 Å². The van der Waals surface area contributed by atoms with Gasteiger partial charge in [-0.25, -0.2) is 14.8 Å². The number of esters is 1. The molecule has 0 saturated heterocycles. The van der Waals surface area contributed by atoms with E-state index in [1.54, 1.807) is 0 Å². The van der Waals surface area contributed by atoms with Gasteiger partial charge in [0.2, 0.25) is 5.76 Å². The van der Waals surface area contributed by atoms with E-state index < -0.39 is 44.2 Å². The summed E-state index contributed by atoms with van der Waals surface area (Å²) in [4.78, 5) is 25.8. The molecule has 0 saturated carbocycles. The number of aromatic amines is 2. The third-order valence-corrected chi connectivity index (χ3v) is 9.40. The largest absolute Gasteiger partial charge is 0.501 e. The van der Waals surface area contributed by atoms with E-state index in [1.165, 1.54) is 30.3 Å². The molecule has 0 amide bonds. The van der Waals surface area contributed by atoms with Gasteiger partial charge in [-0.05, 0) is 48.2 Å². The van der Waals surface area contributed by atoms with Crippen LogP contribution in [0, 0.1) is 0 Å². The number of aliphatic hydroxyl groups is 2. The van der Waals surface area contributed by atoms with Crippen molar-refractivity contribution in [1.82, 2.24) is 19.9 Å². The van der Waals surface area contributed by atoms with E-state index in [9.17, 15) is 40.9 Å². The SMILES string of the molecule is O=C1OC(CO)(CSc2nc3cc(S(=O)(=O)O)ccc3[nH]2)C(Sc2nc3cc(S(=O)(=O)O)ccc3[nH]2)=C1O. The first-order valence-corrected chi connectivity index (χ1v) is 15.0. The van der Waals surface area contributed by atoms with Crippen molar-refractivity contribution in [2.45, 2.75) is 25.7 Å². The number of thioether (sulfide) groups is 2. The predicted octanol–water partition coefficient (Wildman–Crippen LogP) is 1.87. The summed E-state index contributed by atoms with van der Waals surface area (Å²) in [5.41, 5.74) is -0.415. The maximum absolute atomic E-state index is 12.3. The van der Waals surface area contributed by atoms with Crippen LogP contribution in [0.2, 0.25) is 0 Å². The van der Waals surface area contributed by atoms with Gasteiger partial charge in [0.1, 0.15) is 0 Å². The lowest BCUT2D eigenvalue weighted by molar-refractivity contribution is -0.149. The molecule has 2 aromatic heterocycles. The standard InChI is InChI=1S/C20H16N4O10S4/c25-7-20(8-35-18-21-11-3-1-9(37(28,29)30)5-13(11)23-18)16(15(26)17(27)34-20)36-19-22-12-4-2-10(38(31,32)33)6-14(12)24-19/h1-6,25-26H,7-8H2,(H,21,23)(H,22,24)(H,28,29,30)(H,31,32,33). The molecule has 1 aliphatic heterocycles. The number of cyclic esters (lactones) is 1. The number of hydrogen-bond donors (Lipinski definition) is 6. The van der Waals surface area contributed by atoms with E-state index in [2.05, 4.69) is 19.9 Å². The average Bonchev–Trinajstić information content (AvgIpc) is 3.51. The molecule has 5 rings (SSSR count). The highest BCUT2D eigenvalue weighted by Gasteiger charge is 2.49. The van der Waals surface area contributed by atoms with Crippen LogP contribution in [0.15, 0.2) is 67.2 Å². The highest BCUT2D eigenvalue weighted by atomic mass is 32.2. The number of nitrogens with one attached hydrogen (secondary N) is 2. The number of aliphatic hydroxyl groups excluding tert-OH is 2. The zero-order chi connectivity index (χ0) is 27.5. The molecule has 1 aliphatic rings. The first kappa shape index (κ1) is 26.5. The van der Waals surface area contributed by atoms with E-state index in [-0.39, 0.29) is 41.8 Å². The van der Waals surface area contributed by atoms with Crippen molar-refractivity contribution in [2.75, 3.05) is 12.4 Å². The smallest absolute Gasteiger partial charge is 0.375 e. The second kappa shape index (κ2) is 9.26. The number of benzene rings is 2. The lowest BCUT2D eigenvalue weighted by atomic mass is 10.1. The van der Waals surface area contributed by atoms with Crippen molar-refractivity contribution in [3.05, 3.63) is 47.1 Å². The minimum absolute atomic E-state index is 0.0590. The van der Waals surface area contributed by atoms with Crippen molar-refractivity contribution < 1.29 is 45.7 Å². The van der Waals surface area contributed by atoms with Gasteiger partial charge in [0.15, 0.2) is 15.9 Å². The van der Waals surface area contributed by atoms with Crippen LogP contribution in [-0.4, -0.2) is 80.0 Å². The zero-order valence-electron chi connectivity index (χ0n) is 18.6. The van der Waals surface area contributed by atoms with Crippen LogP contribution >= 0.6 is 23.5 Å². The first-order valence-electron chi connectivity index (χ1n) is 10.3. The Hall–Kier alpha value is -3.13. The van der Waals surface area contributed by atoms with Crippen LogP contribution in [0.4, 0.5) is 0 Å². The second-order valence-electron chi connectivity index (χ2n) is 8.00. The number of nitrogens with zero attached hydrogens (tertiary/aromatic N) is 2. The summed E-state index contributed by atoms with van der Waals surface area (Å²) in [7, 11) is -8.89. The molecule has 1 unspecified atom stereocenters. The molecule has 4 aromatic rings. The molecular formula is C20H16N4O10S4. The molecular weight excluding hydrogens is 585 g/mol. The molecule has 0 bridgehead atoms. The second-order valence-corrected chi connectivity index (χ2v) is 12.8. The number of fused-ring (bicyclic) bond motifs is 2. The Morgan fingerprint density at radius 3 is 1.95 bits per heavy atom. The van der Waals surface area contributed by atoms with Crippen LogP contribution in [0.25, 0.3) is 22.1 Å². The molecule has 0 spiro atoms. The Bertz CT molecular complexity index is 1860. The van der Waals surface area contributed by atoms with Crippen molar-refractivity contribution >= 4 is 71.8 Å². The van der Waals surface area contributed by atoms with Crippen LogP contribution in [0.5, 0.6) is 0 Å². The number of rotatable bonds is 8. The third-order valence-electron chi connectivity index (χ3n) is 5.47. The summed E-state index contributed by atoms with van der Waals surface area (Å²) in [5.74, 6) is -1.94. The van der Waals surface area contributed by atoms with Crippen molar-refractivity contribution in [3.63, 3.8) is 0 Å².